The number of nitrogens with two attached hydrogens (primary N) is 1. The van der Waals surface area contributed by atoms with Gasteiger partial charge in [0.15, 0.2) is 0 Å². The predicted molar refractivity (Wildman–Crippen MR) is 82.7 cm³/mol. The molecule has 0 unspecified atom stereocenters. The first kappa shape index (κ1) is 16.6. The summed E-state index contributed by atoms with van der Waals surface area (Å²) in [5, 5.41) is 7.42. The van der Waals surface area contributed by atoms with Gasteiger partial charge in [0.1, 0.15) is 5.56 Å². The van der Waals surface area contributed by atoms with Crippen LogP contribution in [0.4, 0.5) is 5.69 Å². The van der Waals surface area contributed by atoms with Gasteiger partial charge in [0.25, 0.3) is 11.5 Å². The normalized spacial score (nSPS) is 11.3. The van der Waals surface area contributed by atoms with Crippen LogP contribution in [0.1, 0.15) is 10.4 Å². The van der Waals surface area contributed by atoms with Gasteiger partial charge in [0, 0.05) is 26.0 Å². The Morgan fingerprint density at radius 2 is 1.70 bits per heavy atom. The maximum absolute atomic E-state index is 12.1. The molecule has 2 aromatic rings. The first-order valence-electron chi connectivity index (χ1n) is 6.32. The average molecular weight is 338 g/mol. The number of nitrogens with one attached hydrogen (secondary N) is 1. The van der Waals surface area contributed by atoms with Crippen LogP contribution in [0, 0.1) is 0 Å². The summed E-state index contributed by atoms with van der Waals surface area (Å²) < 4.78 is 24.2. The van der Waals surface area contributed by atoms with Crippen LogP contribution >= 0.6 is 0 Å². The van der Waals surface area contributed by atoms with Crippen molar-refractivity contribution in [1.82, 2.24) is 9.13 Å². The maximum Gasteiger partial charge on any atom is 0.330 e. The van der Waals surface area contributed by atoms with Gasteiger partial charge in [-0.3, -0.25) is 14.2 Å². The van der Waals surface area contributed by atoms with Gasteiger partial charge in [0.2, 0.25) is 10.0 Å². The molecule has 0 fully saturated rings. The molecule has 0 saturated heterocycles. The second-order valence-electron chi connectivity index (χ2n) is 4.82. The summed E-state index contributed by atoms with van der Waals surface area (Å²) in [6.07, 6.45) is 1.14. The van der Waals surface area contributed by atoms with E-state index in [0.717, 1.165) is 15.3 Å². The highest BCUT2D eigenvalue weighted by molar-refractivity contribution is 7.89. The Morgan fingerprint density at radius 3 is 2.22 bits per heavy atom. The van der Waals surface area contributed by atoms with Crippen LogP contribution in [0.2, 0.25) is 0 Å². The Labute approximate surface area is 131 Å². The molecule has 0 bridgehead atoms. The first-order valence-corrected chi connectivity index (χ1v) is 7.87. The Balaban J connectivity index is 2.34. The van der Waals surface area contributed by atoms with E-state index >= 15 is 0 Å². The number of aromatic nitrogens is 2. The van der Waals surface area contributed by atoms with Gasteiger partial charge in [0.05, 0.1) is 4.90 Å². The third kappa shape index (κ3) is 3.38. The molecule has 1 heterocycles. The summed E-state index contributed by atoms with van der Waals surface area (Å²) in [5.41, 5.74) is -1.22. The second kappa shape index (κ2) is 5.82. The van der Waals surface area contributed by atoms with Crippen molar-refractivity contribution in [2.45, 2.75) is 4.90 Å². The largest absolute Gasteiger partial charge is 0.330 e. The van der Waals surface area contributed by atoms with Crippen molar-refractivity contribution in [2.24, 2.45) is 19.2 Å². The van der Waals surface area contributed by atoms with E-state index in [-0.39, 0.29) is 16.1 Å². The minimum absolute atomic E-state index is 0.103. The van der Waals surface area contributed by atoms with Crippen molar-refractivity contribution < 1.29 is 13.2 Å². The van der Waals surface area contributed by atoms with Gasteiger partial charge >= 0.3 is 5.69 Å². The van der Waals surface area contributed by atoms with E-state index in [2.05, 4.69) is 5.32 Å². The SMILES string of the molecule is Cn1cc(C(=O)Nc2ccc(S(N)(=O)=O)cc2)c(=O)n(C)c1=O. The third-order valence-corrected chi connectivity index (χ3v) is 4.06. The van der Waals surface area contributed by atoms with Gasteiger partial charge in [-0.15, -0.1) is 0 Å². The number of anilines is 1. The zero-order valence-corrected chi connectivity index (χ0v) is 13.1. The number of carbonyl (C=O) groups excluding carboxylic acids is 1. The summed E-state index contributed by atoms with van der Waals surface area (Å²) in [6.45, 7) is 0. The van der Waals surface area contributed by atoms with Crippen LogP contribution in [0.25, 0.3) is 0 Å². The lowest BCUT2D eigenvalue weighted by atomic mass is 10.2. The van der Waals surface area contributed by atoms with Gasteiger partial charge in [-0.05, 0) is 24.3 Å². The average Bonchev–Trinajstić information content (AvgIpc) is 2.48. The summed E-state index contributed by atoms with van der Waals surface area (Å²) in [7, 11) is -1.14. The number of hydrogen-bond donors (Lipinski definition) is 2. The molecule has 23 heavy (non-hydrogen) atoms. The zero-order chi connectivity index (χ0) is 17.4. The molecule has 0 aliphatic rings. The smallest absolute Gasteiger partial charge is 0.322 e. The van der Waals surface area contributed by atoms with E-state index in [1.54, 1.807) is 0 Å². The summed E-state index contributed by atoms with van der Waals surface area (Å²) in [5.74, 6) is -0.718. The molecule has 122 valence electrons. The van der Waals surface area contributed by atoms with E-state index < -0.39 is 27.2 Å². The van der Waals surface area contributed by atoms with Crippen molar-refractivity contribution in [3.05, 3.63) is 56.9 Å². The molecular formula is C13H14N4O5S. The molecule has 0 aliphatic carbocycles. The third-order valence-electron chi connectivity index (χ3n) is 3.13. The van der Waals surface area contributed by atoms with Crippen LogP contribution < -0.4 is 21.7 Å². The van der Waals surface area contributed by atoms with Crippen LogP contribution in [0.5, 0.6) is 0 Å². The van der Waals surface area contributed by atoms with Crippen molar-refractivity contribution in [3.8, 4) is 0 Å². The van der Waals surface area contributed by atoms with Crippen molar-refractivity contribution in [1.29, 1.82) is 0 Å². The molecule has 1 amide bonds. The van der Waals surface area contributed by atoms with E-state index in [9.17, 15) is 22.8 Å². The fourth-order valence-corrected chi connectivity index (χ4v) is 2.41. The molecular weight excluding hydrogens is 324 g/mol. The lowest BCUT2D eigenvalue weighted by Crippen LogP contribution is -2.40. The Bertz CT molecular complexity index is 987. The fourth-order valence-electron chi connectivity index (χ4n) is 1.89. The summed E-state index contributed by atoms with van der Waals surface area (Å²) >= 11 is 0. The van der Waals surface area contributed by atoms with Gasteiger partial charge < -0.3 is 9.88 Å². The zero-order valence-electron chi connectivity index (χ0n) is 12.3. The Morgan fingerprint density at radius 1 is 1.13 bits per heavy atom. The van der Waals surface area contributed by atoms with Crippen LogP contribution in [-0.2, 0) is 24.1 Å². The highest BCUT2D eigenvalue weighted by Crippen LogP contribution is 2.13. The monoisotopic (exact) mass is 338 g/mol. The lowest BCUT2D eigenvalue weighted by Gasteiger charge is -2.08. The number of hydrogen-bond acceptors (Lipinski definition) is 5. The number of primary sulfonamides is 1. The van der Waals surface area contributed by atoms with E-state index in [1.165, 1.54) is 38.4 Å². The molecule has 0 saturated carbocycles. The fraction of sp³-hybridized carbons (Fsp3) is 0.154. The summed E-state index contributed by atoms with van der Waals surface area (Å²) in [4.78, 5) is 35.6. The topological polar surface area (TPSA) is 133 Å². The predicted octanol–water partition coefficient (Wildman–Crippen LogP) is -1.02. The number of amides is 1. The van der Waals surface area contributed by atoms with E-state index in [1.807, 2.05) is 0 Å². The van der Waals surface area contributed by atoms with Crippen LogP contribution in [0.3, 0.4) is 0 Å². The quantitative estimate of drug-likeness (QED) is 0.739. The van der Waals surface area contributed by atoms with E-state index in [4.69, 9.17) is 5.14 Å². The minimum Gasteiger partial charge on any atom is -0.322 e. The Hall–Kier alpha value is -2.72. The van der Waals surface area contributed by atoms with Gasteiger partial charge in [-0.25, -0.2) is 18.4 Å². The van der Waals surface area contributed by atoms with Gasteiger partial charge in [-0.1, -0.05) is 0 Å². The molecule has 3 N–H and O–H groups in total. The van der Waals surface area contributed by atoms with Crippen LogP contribution in [-0.4, -0.2) is 23.5 Å². The number of nitrogens with zero attached hydrogens (tertiary/aromatic N) is 2. The summed E-state index contributed by atoms with van der Waals surface area (Å²) in [6, 6.07) is 5.13. The molecule has 9 nitrogen and oxygen atoms in total. The minimum atomic E-state index is -3.83. The number of benzene rings is 1. The molecule has 0 spiro atoms. The molecule has 10 heteroatoms. The number of rotatable bonds is 3. The molecule has 1 aromatic heterocycles. The van der Waals surface area contributed by atoms with Crippen molar-refractivity contribution in [2.75, 3.05) is 5.32 Å². The molecule has 0 aliphatic heterocycles. The standard InChI is InChI=1S/C13H14N4O5S/c1-16-7-10(12(19)17(2)13(16)20)11(18)15-8-3-5-9(6-4-8)23(14,21)22/h3-7H,1-2H3,(H,15,18)(H2,14,21,22). The van der Waals surface area contributed by atoms with Crippen molar-refractivity contribution in [3.63, 3.8) is 0 Å². The van der Waals surface area contributed by atoms with Crippen LogP contribution in [0.15, 0.2) is 44.9 Å². The molecule has 1 aromatic carbocycles. The molecule has 2 rings (SSSR count). The highest BCUT2D eigenvalue weighted by atomic mass is 32.2. The second-order valence-corrected chi connectivity index (χ2v) is 6.39. The van der Waals surface area contributed by atoms with Crippen molar-refractivity contribution >= 4 is 21.6 Å². The molecule has 0 radical (unpaired) electrons. The Kier molecular flexibility index (Phi) is 4.21. The number of carbonyl (C=O) groups is 1. The maximum atomic E-state index is 12.1. The van der Waals surface area contributed by atoms with Gasteiger partial charge in [-0.2, -0.15) is 0 Å². The molecule has 0 atom stereocenters. The first-order chi connectivity index (χ1) is 10.6. The number of sulfonamides is 1. The highest BCUT2D eigenvalue weighted by Gasteiger charge is 2.15. The lowest BCUT2D eigenvalue weighted by molar-refractivity contribution is 0.102. The van der Waals surface area contributed by atoms with E-state index in [0.29, 0.717) is 0 Å². The number of aryl methyl sites for hydroxylation is 1.